The van der Waals surface area contributed by atoms with E-state index in [1.165, 1.54) is 205 Å². The van der Waals surface area contributed by atoms with Gasteiger partial charge >= 0.3 is 19.8 Å². The zero-order valence-corrected chi connectivity index (χ0v) is 48.6. The van der Waals surface area contributed by atoms with E-state index in [0.29, 0.717) is 23.9 Å². The fourth-order valence-electron chi connectivity index (χ4n) is 9.00. The van der Waals surface area contributed by atoms with Gasteiger partial charge in [-0.15, -0.1) is 0 Å². The molecular formula is C61H119NO8P+. The molecule has 0 bridgehead atoms. The first-order valence-electron chi connectivity index (χ1n) is 30.6. The average molecular weight is 1030 g/mol. The molecule has 0 rings (SSSR count). The van der Waals surface area contributed by atoms with Gasteiger partial charge in [-0.1, -0.05) is 276 Å². The smallest absolute Gasteiger partial charge is 0.462 e. The van der Waals surface area contributed by atoms with Crippen molar-refractivity contribution in [1.29, 1.82) is 0 Å². The predicted molar refractivity (Wildman–Crippen MR) is 303 cm³/mol. The van der Waals surface area contributed by atoms with Gasteiger partial charge in [0.2, 0.25) is 0 Å². The number of phosphoric acid groups is 1. The highest BCUT2D eigenvalue weighted by atomic mass is 31.2. The molecule has 0 aromatic heterocycles. The van der Waals surface area contributed by atoms with E-state index >= 15 is 0 Å². The highest BCUT2D eigenvalue weighted by Gasteiger charge is 2.27. The highest BCUT2D eigenvalue weighted by Crippen LogP contribution is 2.43. The van der Waals surface area contributed by atoms with Gasteiger partial charge in [0.25, 0.3) is 0 Å². The molecule has 0 aromatic carbocycles. The largest absolute Gasteiger partial charge is 0.472 e. The van der Waals surface area contributed by atoms with Crippen LogP contribution in [0.3, 0.4) is 0 Å². The lowest BCUT2D eigenvalue weighted by Gasteiger charge is -2.24. The molecule has 0 aromatic rings. The normalized spacial score (nSPS) is 13.4. The second-order valence-electron chi connectivity index (χ2n) is 22.1. The molecule has 0 spiro atoms. The van der Waals surface area contributed by atoms with Gasteiger partial charge in [0, 0.05) is 12.8 Å². The first-order chi connectivity index (χ1) is 34.5. The van der Waals surface area contributed by atoms with E-state index in [-0.39, 0.29) is 25.6 Å². The van der Waals surface area contributed by atoms with Crippen molar-refractivity contribution in [1.82, 2.24) is 0 Å². The summed E-state index contributed by atoms with van der Waals surface area (Å²) in [6.07, 6.45) is 64.3. The Morgan fingerprint density at radius 3 is 1.17 bits per heavy atom. The number of nitrogens with zero attached hydrogens (tertiary/aromatic N) is 1. The number of hydrogen-bond donors (Lipinski definition) is 1. The van der Waals surface area contributed by atoms with Crippen LogP contribution >= 0.6 is 7.82 Å². The van der Waals surface area contributed by atoms with Crippen LogP contribution in [0.25, 0.3) is 0 Å². The van der Waals surface area contributed by atoms with Crippen molar-refractivity contribution in [2.75, 3.05) is 47.5 Å². The van der Waals surface area contributed by atoms with Gasteiger partial charge in [0.05, 0.1) is 27.7 Å². The van der Waals surface area contributed by atoms with Crippen LogP contribution in [0.1, 0.15) is 303 Å². The van der Waals surface area contributed by atoms with Crippen molar-refractivity contribution in [3.8, 4) is 0 Å². The Bertz CT molecular complexity index is 1250. The molecule has 2 atom stereocenters. The molecule has 0 aliphatic carbocycles. The molecule has 0 aliphatic heterocycles. The number of ether oxygens (including phenoxy) is 2. The molecule has 2 unspecified atom stereocenters. The standard InChI is InChI=1S/C61H118NO8P/c1-6-8-10-12-14-16-18-20-21-22-23-24-25-26-27-28-29-30-31-32-33-34-35-36-37-38-39-40-42-43-45-47-49-51-53-60(63)67-57-59(58-69-71(65,66)68-56-55-62(3,4)5)70-61(64)54-52-50-48-46-44-41-19-17-15-13-11-9-7-2/h11,13,17,19,59H,6-10,12,14-16,18,20-58H2,1-5H3/p+1/b13-11-,19-17-. The maximum absolute atomic E-state index is 12.7. The van der Waals surface area contributed by atoms with Gasteiger partial charge in [-0.2, -0.15) is 0 Å². The molecule has 0 aliphatic rings. The first-order valence-corrected chi connectivity index (χ1v) is 32.1. The Balaban J connectivity index is 3.90. The number of unbranched alkanes of at least 4 members (excludes halogenated alkanes) is 39. The molecule has 0 saturated carbocycles. The van der Waals surface area contributed by atoms with E-state index in [0.717, 1.165) is 64.2 Å². The number of carbonyl (C=O) groups is 2. The fraction of sp³-hybridized carbons (Fsp3) is 0.902. The minimum absolute atomic E-state index is 0.0309. The third-order valence-electron chi connectivity index (χ3n) is 13.7. The Hall–Kier alpha value is -1.51. The van der Waals surface area contributed by atoms with Gasteiger partial charge in [0.1, 0.15) is 19.8 Å². The number of hydrogen-bond acceptors (Lipinski definition) is 7. The summed E-state index contributed by atoms with van der Waals surface area (Å²) >= 11 is 0. The number of quaternary nitrogens is 1. The van der Waals surface area contributed by atoms with Gasteiger partial charge in [0.15, 0.2) is 6.10 Å². The Kier molecular flexibility index (Phi) is 52.2. The van der Waals surface area contributed by atoms with E-state index in [4.69, 9.17) is 18.5 Å². The molecule has 9 nitrogen and oxygen atoms in total. The predicted octanol–water partition coefficient (Wildman–Crippen LogP) is 19.0. The third-order valence-corrected chi connectivity index (χ3v) is 14.7. The summed E-state index contributed by atoms with van der Waals surface area (Å²) in [5, 5.41) is 0. The summed E-state index contributed by atoms with van der Waals surface area (Å²) in [5.41, 5.74) is 0. The third kappa shape index (κ3) is 57.6. The average Bonchev–Trinajstić information content (AvgIpc) is 3.33. The fourth-order valence-corrected chi connectivity index (χ4v) is 9.74. The first kappa shape index (κ1) is 69.5. The molecular weight excluding hydrogens is 906 g/mol. The van der Waals surface area contributed by atoms with Crippen molar-refractivity contribution in [2.24, 2.45) is 0 Å². The van der Waals surface area contributed by atoms with Crippen molar-refractivity contribution in [3.63, 3.8) is 0 Å². The Morgan fingerprint density at radius 1 is 0.437 bits per heavy atom. The quantitative estimate of drug-likeness (QED) is 0.0211. The van der Waals surface area contributed by atoms with Gasteiger partial charge < -0.3 is 18.9 Å². The number of carbonyl (C=O) groups excluding carboxylic acids is 2. The van der Waals surface area contributed by atoms with Crippen molar-refractivity contribution < 1.29 is 42.1 Å². The number of likely N-dealkylation sites (N-methyl/N-ethyl adjacent to an activating group) is 1. The topological polar surface area (TPSA) is 108 Å². The van der Waals surface area contributed by atoms with Crippen molar-refractivity contribution in [2.45, 2.75) is 309 Å². The van der Waals surface area contributed by atoms with Crippen LogP contribution in [-0.4, -0.2) is 74.9 Å². The molecule has 0 saturated heterocycles. The molecule has 0 amide bonds. The van der Waals surface area contributed by atoms with Crippen LogP contribution in [-0.2, 0) is 32.7 Å². The summed E-state index contributed by atoms with van der Waals surface area (Å²) in [5.74, 6) is -0.801. The molecule has 71 heavy (non-hydrogen) atoms. The molecule has 0 heterocycles. The lowest BCUT2D eigenvalue weighted by atomic mass is 10.0. The SMILES string of the molecule is CCC/C=C\C/C=C\CCCCCCCC(=O)OC(COC(=O)CCCCCCCCCCCCCCCCCCCCCCCCCCCCCCCCCCCC)COP(=O)(O)OCC[N+](C)(C)C. The highest BCUT2D eigenvalue weighted by molar-refractivity contribution is 7.47. The maximum Gasteiger partial charge on any atom is 0.472 e. The van der Waals surface area contributed by atoms with Crippen LogP contribution in [0, 0.1) is 0 Å². The number of allylic oxidation sites excluding steroid dienone is 4. The van der Waals surface area contributed by atoms with Gasteiger partial charge in [-0.25, -0.2) is 4.57 Å². The molecule has 0 fully saturated rings. The zero-order chi connectivity index (χ0) is 52.0. The van der Waals surface area contributed by atoms with Crippen molar-refractivity contribution in [3.05, 3.63) is 24.3 Å². The molecule has 0 radical (unpaired) electrons. The van der Waals surface area contributed by atoms with Crippen LogP contribution < -0.4 is 0 Å². The summed E-state index contributed by atoms with van der Waals surface area (Å²) in [4.78, 5) is 35.6. The second kappa shape index (κ2) is 53.3. The number of esters is 2. The van der Waals surface area contributed by atoms with Crippen LogP contribution in [0.2, 0.25) is 0 Å². The molecule has 10 heteroatoms. The minimum Gasteiger partial charge on any atom is -0.462 e. The molecule has 1 N–H and O–H groups in total. The lowest BCUT2D eigenvalue weighted by molar-refractivity contribution is -0.870. The van der Waals surface area contributed by atoms with E-state index in [9.17, 15) is 19.0 Å². The summed E-state index contributed by atoms with van der Waals surface area (Å²) in [7, 11) is 1.48. The number of phosphoric ester groups is 1. The zero-order valence-electron chi connectivity index (χ0n) is 47.7. The summed E-state index contributed by atoms with van der Waals surface area (Å²) in [6, 6.07) is 0. The molecule has 420 valence electrons. The monoisotopic (exact) mass is 1020 g/mol. The van der Waals surface area contributed by atoms with Crippen LogP contribution in [0.15, 0.2) is 24.3 Å². The van der Waals surface area contributed by atoms with E-state index in [2.05, 4.69) is 38.2 Å². The van der Waals surface area contributed by atoms with Crippen LogP contribution in [0.4, 0.5) is 0 Å². The summed E-state index contributed by atoms with van der Waals surface area (Å²) < 4.78 is 34.5. The van der Waals surface area contributed by atoms with Crippen molar-refractivity contribution >= 4 is 19.8 Å². The van der Waals surface area contributed by atoms with Crippen LogP contribution in [0.5, 0.6) is 0 Å². The maximum atomic E-state index is 12.7. The van der Waals surface area contributed by atoms with E-state index in [1.807, 2.05) is 21.1 Å². The Morgan fingerprint density at radius 2 is 0.789 bits per heavy atom. The Labute approximate surface area is 440 Å². The van der Waals surface area contributed by atoms with E-state index in [1.54, 1.807) is 0 Å². The lowest BCUT2D eigenvalue weighted by Crippen LogP contribution is -2.37. The number of rotatable bonds is 57. The summed E-state index contributed by atoms with van der Waals surface area (Å²) in [6.45, 7) is 4.39. The van der Waals surface area contributed by atoms with E-state index < -0.39 is 26.5 Å². The van der Waals surface area contributed by atoms with Gasteiger partial charge in [-0.05, 0) is 38.5 Å². The second-order valence-corrected chi connectivity index (χ2v) is 23.6. The van der Waals surface area contributed by atoms with Gasteiger partial charge in [-0.3, -0.25) is 18.6 Å². The minimum atomic E-state index is -4.38.